The largest absolute Gasteiger partial charge is 0.496 e. The topological polar surface area (TPSA) is 64.6 Å². The Bertz CT molecular complexity index is 971. The Labute approximate surface area is 149 Å². The quantitative estimate of drug-likeness (QED) is 0.709. The van der Waals surface area contributed by atoms with Crippen molar-refractivity contribution < 1.29 is 23.5 Å². The van der Waals surface area contributed by atoms with Crippen LogP contribution < -0.4 is 10.1 Å². The van der Waals surface area contributed by atoms with Crippen LogP contribution in [0.1, 0.15) is 10.4 Å². The Morgan fingerprint density at radius 3 is 2.42 bits per heavy atom. The van der Waals surface area contributed by atoms with Crippen LogP contribution in [0.3, 0.4) is 0 Å². The van der Waals surface area contributed by atoms with Crippen LogP contribution in [0.25, 0.3) is 10.8 Å². The normalized spacial score (nSPS) is 10.4. The van der Waals surface area contributed by atoms with Gasteiger partial charge in [-0.2, -0.15) is 0 Å². The zero-order valence-corrected chi connectivity index (χ0v) is 14.0. The highest BCUT2D eigenvalue weighted by molar-refractivity contribution is 6.00. The third kappa shape index (κ3) is 3.97. The molecule has 0 aliphatic rings. The molecule has 0 aromatic heterocycles. The summed E-state index contributed by atoms with van der Waals surface area (Å²) in [6.07, 6.45) is 0. The highest BCUT2D eigenvalue weighted by Gasteiger charge is 2.16. The third-order valence-corrected chi connectivity index (χ3v) is 3.73. The van der Waals surface area contributed by atoms with Crippen LogP contribution in [0.2, 0.25) is 0 Å². The Morgan fingerprint density at radius 1 is 1.00 bits per heavy atom. The first kappa shape index (κ1) is 17.4. The average Bonchev–Trinajstić information content (AvgIpc) is 2.65. The van der Waals surface area contributed by atoms with Crippen molar-refractivity contribution in [3.63, 3.8) is 0 Å². The van der Waals surface area contributed by atoms with Crippen LogP contribution in [0.5, 0.6) is 5.75 Å². The summed E-state index contributed by atoms with van der Waals surface area (Å²) in [5.41, 5.74) is 0.513. The lowest BCUT2D eigenvalue weighted by Gasteiger charge is -2.11. The molecule has 5 nitrogen and oxygen atoms in total. The molecule has 0 unspecified atom stereocenters. The second-order valence-electron chi connectivity index (χ2n) is 5.53. The highest BCUT2D eigenvalue weighted by atomic mass is 19.1. The number of halogens is 1. The zero-order chi connectivity index (χ0) is 18.5. The van der Waals surface area contributed by atoms with Gasteiger partial charge >= 0.3 is 5.97 Å². The van der Waals surface area contributed by atoms with E-state index < -0.39 is 24.3 Å². The fourth-order valence-electron chi connectivity index (χ4n) is 2.52. The molecule has 0 heterocycles. The molecule has 0 saturated carbocycles. The molecule has 6 heteroatoms. The molecule has 0 saturated heterocycles. The summed E-state index contributed by atoms with van der Waals surface area (Å²) < 4.78 is 23.4. The molecule has 1 amide bonds. The van der Waals surface area contributed by atoms with Gasteiger partial charge in [-0.1, -0.05) is 30.3 Å². The number of carbonyl (C=O) groups excluding carboxylic acids is 2. The second-order valence-corrected chi connectivity index (χ2v) is 5.53. The molecule has 0 aliphatic carbocycles. The Morgan fingerprint density at radius 2 is 1.73 bits per heavy atom. The molecule has 132 valence electrons. The second kappa shape index (κ2) is 7.65. The van der Waals surface area contributed by atoms with Crippen molar-refractivity contribution in [2.24, 2.45) is 0 Å². The molecule has 0 bridgehead atoms. The van der Waals surface area contributed by atoms with E-state index in [9.17, 15) is 14.0 Å². The summed E-state index contributed by atoms with van der Waals surface area (Å²) >= 11 is 0. The summed E-state index contributed by atoms with van der Waals surface area (Å²) in [5, 5.41) is 4.23. The van der Waals surface area contributed by atoms with Gasteiger partial charge in [-0.25, -0.2) is 9.18 Å². The van der Waals surface area contributed by atoms with Gasteiger partial charge in [0.25, 0.3) is 5.91 Å². The van der Waals surface area contributed by atoms with E-state index in [1.807, 2.05) is 24.3 Å². The molecule has 0 fully saturated rings. The molecule has 0 atom stereocenters. The van der Waals surface area contributed by atoms with Gasteiger partial charge in [0, 0.05) is 5.69 Å². The summed E-state index contributed by atoms with van der Waals surface area (Å²) in [5.74, 6) is -1.36. The first-order valence-corrected chi connectivity index (χ1v) is 7.86. The van der Waals surface area contributed by atoms with Crippen molar-refractivity contribution in [3.8, 4) is 5.75 Å². The first-order valence-electron chi connectivity index (χ1n) is 7.86. The van der Waals surface area contributed by atoms with Gasteiger partial charge in [-0.05, 0) is 41.1 Å². The minimum Gasteiger partial charge on any atom is -0.496 e. The highest BCUT2D eigenvalue weighted by Crippen LogP contribution is 2.26. The van der Waals surface area contributed by atoms with Gasteiger partial charge in [0.15, 0.2) is 6.61 Å². The van der Waals surface area contributed by atoms with Crippen molar-refractivity contribution in [2.75, 3.05) is 19.0 Å². The van der Waals surface area contributed by atoms with Crippen LogP contribution in [-0.2, 0) is 9.53 Å². The van der Waals surface area contributed by atoms with Gasteiger partial charge in [0.1, 0.15) is 17.1 Å². The van der Waals surface area contributed by atoms with Crippen molar-refractivity contribution in [3.05, 3.63) is 72.0 Å². The molecular formula is C20H16FNO4. The molecule has 0 radical (unpaired) electrons. The molecule has 1 N–H and O–H groups in total. The predicted molar refractivity (Wildman–Crippen MR) is 95.8 cm³/mol. The van der Waals surface area contributed by atoms with E-state index in [4.69, 9.17) is 9.47 Å². The number of hydrogen-bond donors (Lipinski definition) is 1. The Balaban J connectivity index is 1.69. The lowest BCUT2D eigenvalue weighted by atomic mass is 10.1. The SMILES string of the molecule is COc1cc2ccccc2cc1C(=O)OCC(=O)Nc1cccc(F)c1. The van der Waals surface area contributed by atoms with Crippen LogP contribution in [0, 0.1) is 5.82 Å². The first-order chi connectivity index (χ1) is 12.6. The molecule has 26 heavy (non-hydrogen) atoms. The number of hydrogen-bond acceptors (Lipinski definition) is 4. The van der Waals surface area contributed by atoms with Gasteiger partial charge in [-0.3, -0.25) is 4.79 Å². The van der Waals surface area contributed by atoms with E-state index in [2.05, 4.69) is 5.32 Å². The zero-order valence-electron chi connectivity index (χ0n) is 14.0. The van der Waals surface area contributed by atoms with E-state index in [1.165, 1.54) is 31.4 Å². The minimum absolute atomic E-state index is 0.227. The summed E-state index contributed by atoms with van der Waals surface area (Å²) in [6, 6.07) is 16.3. The number of anilines is 1. The summed E-state index contributed by atoms with van der Waals surface area (Å²) in [4.78, 5) is 24.2. The lowest BCUT2D eigenvalue weighted by molar-refractivity contribution is -0.119. The maximum atomic E-state index is 13.1. The van der Waals surface area contributed by atoms with Crippen LogP contribution in [0.15, 0.2) is 60.7 Å². The maximum Gasteiger partial charge on any atom is 0.342 e. The summed E-state index contributed by atoms with van der Waals surface area (Å²) in [7, 11) is 1.46. The number of ether oxygens (including phenoxy) is 2. The van der Waals surface area contributed by atoms with E-state index in [0.717, 1.165) is 10.8 Å². The number of nitrogens with one attached hydrogen (secondary N) is 1. The molecular weight excluding hydrogens is 337 g/mol. The maximum absolute atomic E-state index is 13.1. The monoisotopic (exact) mass is 353 g/mol. The fraction of sp³-hybridized carbons (Fsp3) is 0.100. The van der Waals surface area contributed by atoms with E-state index in [-0.39, 0.29) is 11.3 Å². The van der Waals surface area contributed by atoms with Crippen LogP contribution in [0.4, 0.5) is 10.1 Å². The van der Waals surface area contributed by atoms with Crippen molar-refractivity contribution >= 4 is 28.3 Å². The Hall–Kier alpha value is -3.41. The van der Waals surface area contributed by atoms with Crippen LogP contribution in [-0.4, -0.2) is 25.6 Å². The Kier molecular flexibility index (Phi) is 5.12. The van der Waals surface area contributed by atoms with Crippen molar-refractivity contribution in [2.45, 2.75) is 0 Å². The molecule has 3 aromatic rings. The molecule has 0 spiro atoms. The standard InChI is InChI=1S/C20H16FNO4/c1-25-18-10-14-6-3-2-5-13(14)9-17(18)20(24)26-12-19(23)22-16-8-4-7-15(21)11-16/h2-11H,12H2,1H3,(H,22,23). The van der Waals surface area contributed by atoms with Gasteiger partial charge < -0.3 is 14.8 Å². The molecule has 3 rings (SSSR count). The predicted octanol–water partition coefficient (Wildman–Crippen LogP) is 3.78. The summed E-state index contributed by atoms with van der Waals surface area (Å²) in [6.45, 7) is -0.495. The van der Waals surface area contributed by atoms with E-state index in [0.29, 0.717) is 5.75 Å². The fourth-order valence-corrected chi connectivity index (χ4v) is 2.52. The lowest BCUT2D eigenvalue weighted by Crippen LogP contribution is -2.21. The number of methoxy groups -OCH3 is 1. The third-order valence-electron chi connectivity index (χ3n) is 3.73. The van der Waals surface area contributed by atoms with Gasteiger partial charge in [-0.15, -0.1) is 0 Å². The van der Waals surface area contributed by atoms with E-state index in [1.54, 1.807) is 12.1 Å². The average molecular weight is 353 g/mol. The number of fused-ring (bicyclic) bond motifs is 1. The van der Waals surface area contributed by atoms with E-state index >= 15 is 0 Å². The number of rotatable bonds is 5. The molecule has 3 aromatic carbocycles. The van der Waals surface area contributed by atoms with Gasteiger partial charge in [0.05, 0.1) is 7.11 Å². The van der Waals surface area contributed by atoms with Crippen molar-refractivity contribution in [1.82, 2.24) is 0 Å². The van der Waals surface area contributed by atoms with Crippen molar-refractivity contribution in [1.29, 1.82) is 0 Å². The van der Waals surface area contributed by atoms with Crippen LogP contribution >= 0.6 is 0 Å². The molecule has 0 aliphatic heterocycles. The minimum atomic E-state index is -0.679. The smallest absolute Gasteiger partial charge is 0.342 e. The van der Waals surface area contributed by atoms with Gasteiger partial charge in [0.2, 0.25) is 0 Å². The number of benzene rings is 3. The number of carbonyl (C=O) groups is 2. The number of esters is 1. The number of amides is 1.